The minimum Gasteiger partial charge on any atom is -0.484 e. The lowest BCUT2D eigenvalue weighted by Crippen LogP contribution is -2.16. The maximum Gasteiger partial charge on any atom is 0.336 e. The fraction of sp³-hybridized carbons (Fsp3) is 0.133. The number of hydrogen-bond donors (Lipinski definition) is 0. The monoisotopic (exact) mass is 316 g/mol. The average molecular weight is 316 g/mol. The van der Waals surface area contributed by atoms with E-state index in [1.165, 1.54) is 17.4 Å². The molecule has 112 valence electrons. The first kappa shape index (κ1) is 14.3. The van der Waals surface area contributed by atoms with E-state index in [0.717, 1.165) is 5.39 Å². The molecule has 3 rings (SSSR count). The smallest absolute Gasteiger partial charge is 0.336 e. The normalized spacial score (nSPS) is 11.8. The van der Waals surface area contributed by atoms with E-state index in [1.54, 1.807) is 28.8 Å². The molecule has 0 atom stereocenters. The van der Waals surface area contributed by atoms with E-state index in [2.05, 4.69) is 4.99 Å². The van der Waals surface area contributed by atoms with Gasteiger partial charge in [-0.15, -0.1) is 11.3 Å². The summed E-state index contributed by atoms with van der Waals surface area (Å²) >= 11 is 1.37. The number of carbonyl (C=O) groups is 1. The molecule has 0 saturated heterocycles. The molecular weight excluding hydrogens is 304 g/mol. The summed E-state index contributed by atoms with van der Waals surface area (Å²) < 4.78 is 12.2. The van der Waals surface area contributed by atoms with Gasteiger partial charge in [-0.25, -0.2) is 4.79 Å². The molecule has 0 fully saturated rings. The first-order valence-corrected chi connectivity index (χ1v) is 7.34. The van der Waals surface area contributed by atoms with Crippen molar-refractivity contribution in [1.82, 2.24) is 4.57 Å². The van der Waals surface area contributed by atoms with Crippen molar-refractivity contribution in [2.45, 2.75) is 0 Å². The lowest BCUT2D eigenvalue weighted by atomic mass is 10.2. The Morgan fingerprint density at radius 1 is 1.36 bits per heavy atom. The van der Waals surface area contributed by atoms with Crippen LogP contribution >= 0.6 is 11.3 Å². The minimum absolute atomic E-state index is 0.180. The van der Waals surface area contributed by atoms with E-state index < -0.39 is 5.63 Å². The fourth-order valence-corrected chi connectivity index (χ4v) is 2.60. The van der Waals surface area contributed by atoms with E-state index in [9.17, 15) is 9.59 Å². The Labute approximate surface area is 128 Å². The van der Waals surface area contributed by atoms with Gasteiger partial charge in [-0.05, 0) is 18.2 Å². The predicted octanol–water partition coefficient (Wildman–Crippen LogP) is 1.70. The number of aryl methyl sites for hydroxylation is 1. The third-order valence-corrected chi connectivity index (χ3v) is 3.78. The Hall–Kier alpha value is -2.67. The zero-order valence-electron chi connectivity index (χ0n) is 11.7. The maximum atomic E-state index is 11.8. The molecule has 0 bridgehead atoms. The highest BCUT2D eigenvalue weighted by atomic mass is 32.1. The third-order valence-electron chi connectivity index (χ3n) is 2.94. The number of nitrogens with zero attached hydrogens (tertiary/aromatic N) is 2. The SMILES string of the molecule is Cn1ccsc1=NC(=O)COc1ccc2ccc(=O)oc2c1. The van der Waals surface area contributed by atoms with Crippen LogP contribution < -0.4 is 15.2 Å². The number of ether oxygens (including phenoxy) is 1. The van der Waals surface area contributed by atoms with Gasteiger partial charge in [0.2, 0.25) is 0 Å². The van der Waals surface area contributed by atoms with Gasteiger partial charge in [-0.3, -0.25) is 4.79 Å². The van der Waals surface area contributed by atoms with Crippen LogP contribution in [0.1, 0.15) is 0 Å². The van der Waals surface area contributed by atoms with E-state index in [-0.39, 0.29) is 12.5 Å². The van der Waals surface area contributed by atoms with Crippen LogP contribution in [0.5, 0.6) is 5.75 Å². The van der Waals surface area contributed by atoms with Crippen molar-refractivity contribution >= 4 is 28.2 Å². The van der Waals surface area contributed by atoms with Crippen LogP contribution in [0.2, 0.25) is 0 Å². The summed E-state index contributed by atoms with van der Waals surface area (Å²) in [7, 11) is 1.81. The molecule has 0 aliphatic rings. The highest BCUT2D eigenvalue weighted by Crippen LogP contribution is 2.19. The molecule has 0 saturated carbocycles. The van der Waals surface area contributed by atoms with Gasteiger partial charge in [-0.2, -0.15) is 4.99 Å². The number of aromatic nitrogens is 1. The summed E-state index contributed by atoms with van der Waals surface area (Å²) in [6.45, 7) is -0.180. The molecule has 0 unspecified atom stereocenters. The van der Waals surface area contributed by atoms with E-state index in [1.807, 2.05) is 18.6 Å². The van der Waals surface area contributed by atoms with Crippen molar-refractivity contribution < 1.29 is 13.9 Å². The number of amides is 1. The second-order valence-corrected chi connectivity index (χ2v) is 5.42. The van der Waals surface area contributed by atoms with E-state index >= 15 is 0 Å². The van der Waals surface area contributed by atoms with Crippen LogP contribution in [0.25, 0.3) is 11.0 Å². The second-order valence-electron chi connectivity index (χ2n) is 4.54. The highest BCUT2D eigenvalue weighted by molar-refractivity contribution is 7.07. The highest BCUT2D eigenvalue weighted by Gasteiger charge is 2.04. The maximum absolute atomic E-state index is 11.8. The number of rotatable bonds is 3. The summed E-state index contributed by atoms with van der Waals surface area (Å²) in [5, 5.41) is 2.63. The van der Waals surface area contributed by atoms with Crippen LogP contribution in [0.15, 0.2) is 56.1 Å². The molecule has 22 heavy (non-hydrogen) atoms. The summed E-state index contributed by atoms with van der Waals surface area (Å²) in [5.41, 5.74) is -0.0139. The molecule has 7 heteroatoms. The predicted molar refractivity (Wildman–Crippen MR) is 81.8 cm³/mol. The van der Waals surface area contributed by atoms with Gasteiger partial charge >= 0.3 is 5.63 Å². The molecule has 2 aromatic heterocycles. The molecule has 0 spiro atoms. The molecule has 0 aliphatic heterocycles. The van der Waals surface area contributed by atoms with Crippen LogP contribution in [0.4, 0.5) is 0 Å². The molecule has 1 amide bonds. The Morgan fingerprint density at radius 3 is 2.95 bits per heavy atom. The van der Waals surface area contributed by atoms with Crippen molar-refractivity contribution in [3.05, 3.63) is 57.1 Å². The van der Waals surface area contributed by atoms with Crippen molar-refractivity contribution in [2.24, 2.45) is 12.0 Å². The topological polar surface area (TPSA) is 73.8 Å². The van der Waals surface area contributed by atoms with Crippen molar-refractivity contribution in [3.8, 4) is 5.75 Å². The van der Waals surface area contributed by atoms with Crippen LogP contribution in [-0.4, -0.2) is 17.1 Å². The van der Waals surface area contributed by atoms with Crippen LogP contribution in [0.3, 0.4) is 0 Å². The Bertz CT molecular complexity index is 952. The molecule has 0 radical (unpaired) electrons. The lowest BCUT2D eigenvalue weighted by Gasteiger charge is -2.04. The summed E-state index contributed by atoms with van der Waals surface area (Å²) in [4.78, 5) is 27.5. The Balaban J connectivity index is 1.75. The first-order valence-electron chi connectivity index (χ1n) is 6.46. The van der Waals surface area contributed by atoms with Crippen LogP contribution in [-0.2, 0) is 11.8 Å². The molecule has 0 aliphatic carbocycles. The van der Waals surface area contributed by atoms with Crippen molar-refractivity contribution in [1.29, 1.82) is 0 Å². The second kappa shape index (κ2) is 5.98. The fourth-order valence-electron chi connectivity index (χ4n) is 1.85. The van der Waals surface area contributed by atoms with Gasteiger partial charge in [0, 0.05) is 36.1 Å². The summed E-state index contributed by atoms with van der Waals surface area (Å²) in [6.07, 6.45) is 1.82. The summed E-state index contributed by atoms with van der Waals surface area (Å²) in [6, 6.07) is 8.07. The standard InChI is InChI=1S/C15H12N2O4S/c1-17-6-7-22-15(17)16-13(18)9-20-11-4-2-10-3-5-14(19)21-12(10)8-11/h2-8H,9H2,1H3. The molecule has 3 aromatic rings. The van der Waals surface area contributed by atoms with E-state index in [4.69, 9.17) is 9.15 Å². The molecule has 0 N–H and O–H groups in total. The average Bonchev–Trinajstić information content (AvgIpc) is 2.90. The Kier molecular flexibility index (Phi) is 3.88. The number of hydrogen-bond acceptors (Lipinski definition) is 5. The quantitative estimate of drug-likeness (QED) is 0.689. The van der Waals surface area contributed by atoms with Gasteiger partial charge in [0.05, 0.1) is 0 Å². The number of benzene rings is 1. The zero-order valence-corrected chi connectivity index (χ0v) is 12.5. The molecule has 2 heterocycles. The van der Waals surface area contributed by atoms with Gasteiger partial charge in [0.15, 0.2) is 11.4 Å². The number of carbonyl (C=O) groups excluding carboxylic acids is 1. The number of fused-ring (bicyclic) bond motifs is 1. The summed E-state index contributed by atoms with van der Waals surface area (Å²) in [5.74, 6) is 0.0635. The first-order chi connectivity index (χ1) is 10.6. The number of thiazole rings is 1. The van der Waals surface area contributed by atoms with Crippen molar-refractivity contribution in [3.63, 3.8) is 0 Å². The Morgan fingerprint density at radius 2 is 2.18 bits per heavy atom. The third kappa shape index (κ3) is 3.15. The molecular formula is C15H12N2O4S. The van der Waals surface area contributed by atoms with Gasteiger partial charge < -0.3 is 13.7 Å². The molecule has 6 nitrogen and oxygen atoms in total. The van der Waals surface area contributed by atoms with Crippen molar-refractivity contribution in [2.75, 3.05) is 6.61 Å². The van der Waals surface area contributed by atoms with E-state index in [0.29, 0.717) is 16.1 Å². The zero-order chi connectivity index (χ0) is 15.5. The van der Waals surface area contributed by atoms with Crippen LogP contribution in [0, 0.1) is 0 Å². The minimum atomic E-state index is -0.430. The van der Waals surface area contributed by atoms with Gasteiger partial charge in [-0.1, -0.05) is 0 Å². The molecule has 1 aromatic carbocycles. The van der Waals surface area contributed by atoms with Gasteiger partial charge in [0.25, 0.3) is 5.91 Å². The largest absolute Gasteiger partial charge is 0.484 e. The van der Waals surface area contributed by atoms with Gasteiger partial charge in [0.1, 0.15) is 11.3 Å². The lowest BCUT2D eigenvalue weighted by molar-refractivity contribution is -0.120.